The van der Waals surface area contributed by atoms with Gasteiger partial charge in [0, 0.05) is 0 Å². The van der Waals surface area contributed by atoms with Crippen molar-refractivity contribution in [3.05, 3.63) is 60.2 Å². The highest BCUT2D eigenvalue weighted by atomic mass is 16.5. The Hall–Kier alpha value is -2.38. The van der Waals surface area contributed by atoms with Crippen LogP contribution in [-0.4, -0.2) is 19.7 Å². The molecule has 19 heavy (non-hydrogen) atoms. The molecule has 96 valence electrons. The van der Waals surface area contributed by atoms with Crippen molar-refractivity contribution in [2.45, 2.75) is 6.42 Å². The van der Waals surface area contributed by atoms with Crippen LogP contribution in [0.5, 0.6) is 5.75 Å². The Kier molecular flexibility index (Phi) is 4.91. The second-order valence-electron chi connectivity index (χ2n) is 4.03. The third kappa shape index (κ3) is 4.41. The topological polar surface area (TPSA) is 34.0 Å². The summed E-state index contributed by atoms with van der Waals surface area (Å²) in [5, 5.41) is 0. The van der Waals surface area contributed by atoms with Crippen LogP contribution in [0.25, 0.3) is 0 Å². The minimum Gasteiger partial charge on any atom is -0.497 e. The van der Waals surface area contributed by atoms with Gasteiger partial charge in [-0.1, -0.05) is 30.3 Å². The Bertz CT molecular complexity index is 555. The van der Waals surface area contributed by atoms with Crippen molar-refractivity contribution in [3.63, 3.8) is 0 Å². The van der Waals surface area contributed by atoms with E-state index in [-0.39, 0.29) is 0 Å². The third-order valence-corrected chi connectivity index (χ3v) is 2.68. The fourth-order valence-electron chi connectivity index (χ4n) is 1.63. The van der Waals surface area contributed by atoms with Crippen molar-refractivity contribution in [1.82, 2.24) is 0 Å². The molecule has 0 aliphatic heterocycles. The van der Waals surface area contributed by atoms with Gasteiger partial charge in [0.1, 0.15) is 5.75 Å². The van der Waals surface area contributed by atoms with E-state index in [0.29, 0.717) is 6.54 Å². The first kappa shape index (κ1) is 13.1. The Morgan fingerprint density at radius 2 is 1.74 bits per heavy atom. The molecular weight excluding hydrogens is 236 g/mol. The van der Waals surface area contributed by atoms with Gasteiger partial charge in [0.15, 0.2) is 0 Å². The lowest BCUT2D eigenvalue weighted by molar-refractivity contribution is 0.415. The Balaban J connectivity index is 1.86. The summed E-state index contributed by atoms with van der Waals surface area (Å²) in [6.45, 7) is 0.698. The molecule has 0 spiro atoms. The molecule has 0 saturated carbocycles. The predicted molar refractivity (Wildman–Crippen MR) is 77.5 cm³/mol. The van der Waals surface area contributed by atoms with Gasteiger partial charge < -0.3 is 4.74 Å². The van der Waals surface area contributed by atoms with E-state index in [9.17, 15) is 0 Å². The average Bonchev–Trinajstić information content (AvgIpc) is 2.49. The van der Waals surface area contributed by atoms with Gasteiger partial charge in [0.2, 0.25) is 0 Å². The summed E-state index contributed by atoms with van der Waals surface area (Å²) in [6.07, 6.45) is 0.909. The predicted octanol–water partition coefficient (Wildman–Crippen LogP) is 3.74. The SMILES string of the molecule is COc1ccc(N=C=NCCc2ccccc2)cc1. The number of ether oxygens (including phenoxy) is 1. The molecule has 0 saturated heterocycles. The summed E-state index contributed by atoms with van der Waals surface area (Å²) in [5.41, 5.74) is 2.10. The summed E-state index contributed by atoms with van der Waals surface area (Å²) >= 11 is 0. The molecule has 0 bridgehead atoms. The Labute approximate surface area is 113 Å². The van der Waals surface area contributed by atoms with E-state index in [2.05, 4.69) is 28.1 Å². The van der Waals surface area contributed by atoms with Gasteiger partial charge in [-0.3, -0.25) is 0 Å². The van der Waals surface area contributed by atoms with E-state index in [1.807, 2.05) is 42.5 Å². The van der Waals surface area contributed by atoms with E-state index in [0.717, 1.165) is 17.9 Å². The van der Waals surface area contributed by atoms with Gasteiger partial charge in [-0.15, -0.1) is 0 Å². The second kappa shape index (κ2) is 7.14. The molecule has 2 aromatic rings. The first-order valence-electron chi connectivity index (χ1n) is 6.19. The summed E-state index contributed by atoms with van der Waals surface area (Å²) in [4.78, 5) is 8.30. The van der Waals surface area contributed by atoms with Crippen molar-refractivity contribution in [2.75, 3.05) is 13.7 Å². The Morgan fingerprint density at radius 1 is 1.00 bits per heavy atom. The zero-order chi connectivity index (χ0) is 13.3. The van der Waals surface area contributed by atoms with Crippen LogP contribution in [0, 0.1) is 0 Å². The molecule has 0 unspecified atom stereocenters. The third-order valence-electron chi connectivity index (χ3n) is 2.68. The monoisotopic (exact) mass is 252 g/mol. The van der Waals surface area contributed by atoms with Crippen molar-refractivity contribution in [1.29, 1.82) is 0 Å². The highest BCUT2D eigenvalue weighted by molar-refractivity contribution is 5.53. The van der Waals surface area contributed by atoms with Crippen molar-refractivity contribution in [3.8, 4) is 5.75 Å². The van der Waals surface area contributed by atoms with Crippen LogP contribution in [-0.2, 0) is 6.42 Å². The highest BCUT2D eigenvalue weighted by Crippen LogP contribution is 2.16. The van der Waals surface area contributed by atoms with E-state index < -0.39 is 0 Å². The summed E-state index contributed by atoms with van der Waals surface area (Å²) < 4.78 is 5.08. The number of methoxy groups -OCH3 is 1. The summed E-state index contributed by atoms with van der Waals surface area (Å²) in [6, 6.07) is 20.5. The zero-order valence-corrected chi connectivity index (χ0v) is 10.9. The quantitative estimate of drug-likeness (QED) is 0.746. The minimum atomic E-state index is 0.698. The van der Waals surface area contributed by atoms with Gasteiger partial charge in [0.05, 0.1) is 25.4 Å². The van der Waals surface area contributed by atoms with Crippen LogP contribution in [0.1, 0.15) is 5.56 Å². The van der Waals surface area contributed by atoms with Gasteiger partial charge in [0.25, 0.3) is 0 Å². The lowest BCUT2D eigenvalue weighted by atomic mass is 10.2. The first-order chi connectivity index (χ1) is 9.38. The fraction of sp³-hybridized carbons (Fsp3) is 0.188. The smallest absolute Gasteiger partial charge is 0.119 e. The van der Waals surface area contributed by atoms with Gasteiger partial charge in [-0.2, -0.15) is 4.99 Å². The molecular formula is C16H16N2O. The molecule has 0 atom stereocenters. The molecule has 0 N–H and O–H groups in total. The van der Waals surface area contributed by atoms with Crippen molar-refractivity contribution < 1.29 is 4.74 Å². The first-order valence-corrected chi connectivity index (χ1v) is 6.19. The van der Waals surface area contributed by atoms with E-state index in [4.69, 9.17) is 4.74 Å². The molecule has 0 aliphatic rings. The molecule has 2 rings (SSSR count). The van der Waals surface area contributed by atoms with Crippen LogP contribution >= 0.6 is 0 Å². The maximum absolute atomic E-state index is 5.08. The molecule has 0 heterocycles. The van der Waals surface area contributed by atoms with Gasteiger partial charge >= 0.3 is 0 Å². The number of benzene rings is 2. The van der Waals surface area contributed by atoms with E-state index in [1.54, 1.807) is 7.11 Å². The van der Waals surface area contributed by atoms with E-state index >= 15 is 0 Å². The normalized spacial score (nSPS) is 9.53. The Morgan fingerprint density at radius 3 is 2.42 bits per heavy atom. The number of hydrogen-bond donors (Lipinski definition) is 0. The van der Waals surface area contributed by atoms with E-state index in [1.165, 1.54) is 5.56 Å². The summed E-state index contributed by atoms with van der Waals surface area (Å²) in [7, 11) is 1.64. The van der Waals surface area contributed by atoms with Crippen LogP contribution in [0.15, 0.2) is 64.6 Å². The lowest BCUT2D eigenvalue weighted by Crippen LogP contribution is -1.87. The maximum Gasteiger partial charge on any atom is 0.119 e. The number of rotatable bonds is 5. The fourth-order valence-corrected chi connectivity index (χ4v) is 1.63. The number of hydrogen-bond acceptors (Lipinski definition) is 3. The van der Waals surface area contributed by atoms with Crippen molar-refractivity contribution >= 4 is 11.7 Å². The lowest BCUT2D eigenvalue weighted by Gasteiger charge is -1.97. The number of aliphatic imine (C=N–C) groups is 2. The van der Waals surface area contributed by atoms with Gasteiger partial charge in [-0.25, -0.2) is 4.99 Å². The molecule has 0 fully saturated rings. The molecule has 0 aliphatic carbocycles. The maximum atomic E-state index is 5.08. The van der Waals surface area contributed by atoms with Crippen molar-refractivity contribution in [2.24, 2.45) is 9.98 Å². The number of nitrogens with zero attached hydrogens (tertiary/aromatic N) is 2. The van der Waals surface area contributed by atoms with Crippen LogP contribution < -0.4 is 4.74 Å². The molecule has 0 aromatic heterocycles. The van der Waals surface area contributed by atoms with Gasteiger partial charge in [-0.05, 0) is 36.2 Å². The average molecular weight is 252 g/mol. The molecule has 3 heteroatoms. The molecule has 0 amide bonds. The second-order valence-corrected chi connectivity index (χ2v) is 4.03. The van der Waals surface area contributed by atoms with Crippen LogP contribution in [0.3, 0.4) is 0 Å². The zero-order valence-electron chi connectivity index (χ0n) is 10.9. The molecule has 2 aromatic carbocycles. The van der Waals surface area contributed by atoms with Crippen LogP contribution in [0.4, 0.5) is 5.69 Å². The summed E-state index contributed by atoms with van der Waals surface area (Å²) in [5.74, 6) is 0.819. The standard InChI is InChI=1S/C16H16N2O/c1-19-16-9-7-15(8-10-16)18-13-17-12-11-14-5-3-2-4-6-14/h2-10H,11-12H2,1H3. The molecule has 0 radical (unpaired) electrons. The highest BCUT2D eigenvalue weighted by Gasteiger charge is 1.90. The molecule has 3 nitrogen and oxygen atoms in total. The van der Waals surface area contributed by atoms with Crippen LogP contribution in [0.2, 0.25) is 0 Å². The minimum absolute atomic E-state index is 0.698. The largest absolute Gasteiger partial charge is 0.497 e.